The lowest BCUT2D eigenvalue weighted by Crippen LogP contribution is -2.50. The molecule has 196 valence electrons. The normalized spacial score (nSPS) is 14.7. The fourth-order valence-corrected chi connectivity index (χ4v) is 4.77. The van der Waals surface area contributed by atoms with Crippen LogP contribution in [0.4, 0.5) is 0 Å². The zero-order valence-electron chi connectivity index (χ0n) is 22.3. The maximum atomic E-state index is 13.5. The van der Waals surface area contributed by atoms with Crippen molar-refractivity contribution in [1.82, 2.24) is 10.2 Å². The van der Waals surface area contributed by atoms with E-state index in [9.17, 15) is 9.59 Å². The van der Waals surface area contributed by atoms with Gasteiger partial charge >= 0.3 is 0 Å². The predicted molar refractivity (Wildman–Crippen MR) is 143 cm³/mol. The Labute approximate surface area is 216 Å². The number of nitrogens with zero attached hydrogens (tertiary/aromatic N) is 1. The Morgan fingerprint density at radius 2 is 1.69 bits per heavy atom. The Balaban J connectivity index is 1.73. The monoisotopic (exact) mass is 494 g/mol. The first kappa shape index (κ1) is 27.6. The zero-order chi connectivity index (χ0) is 25.9. The summed E-state index contributed by atoms with van der Waals surface area (Å²) in [6, 6.07) is 13.5. The summed E-state index contributed by atoms with van der Waals surface area (Å²) in [7, 11) is 0. The van der Waals surface area contributed by atoms with E-state index in [1.54, 1.807) is 4.90 Å². The minimum absolute atomic E-state index is 0.0311. The van der Waals surface area contributed by atoms with Crippen LogP contribution in [0, 0.1) is 6.92 Å². The van der Waals surface area contributed by atoms with Gasteiger partial charge in [0.25, 0.3) is 0 Å². The van der Waals surface area contributed by atoms with E-state index < -0.39 is 6.04 Å². The maximum Gasteiger partial charge on any atom is 0.242 e. The molecule has 0 bridgehead atoms. The molecule has 0 unspecified atom stereocenters. The lowest BCUT2D eigenvalue weighted by atomic mass is 9.95. The highest BCUT2D eigenvalue weighted by molar-refractivity contribution is 5.87. The number of hydrogen-bond acceptors (Lipinski definition) is 4. The van der Waals surface area contributed by atoms with Crippen molar-refractivity contribution in [3.63, 3.8) is 0 Å². The first-order valence-corrected chi connectivity index (χ1v) is 13.5. The second-order valence-corrected chi connectivity index (χ2v) is 9.61. The van der Waals surface area contributed by atoms with Crippen LogP contribution in [0.5, 0.6) is 11.5 Å². The number of carbonyl (C=O) groups excluding carboxylic acids is 2. The molecule has 2 aromatic carbocycles. The van der Waals surface area contributed by atoms with Crippen LogP contribution in [-0.2, 0) is 22.6 Å². The van der Waals surface area contributed by atoms with Crippen molar-refractivity contribution in [2.24, 2.45) is 0 Å². The average Bonchev–Trinajstić information content (AvgIpc) is 2.88. The van der Waals surface area contributed by atoms with E-state index in [1.807, 2.05) is 70.2 Å². The number of amides is 2. The number of rotatable bonds is 12. The Morgan fingerprint density at radius 3 is 2.39 bits per heavy atom. The molecular formula is C30H42N2O4. The lowest BCUT2D eigenvalue weighted by molar-refractivity contribution is -0.141. The number of nitrogens with one attached hydrogen (secondary N) is 1. The van der Waals surface area contributed by atoms with Crippen LogP contribution in [0.2, 0.25) is 0 Å². The van der Waals surface area contributed by atoms with Gasteiger partial charge in [0, 0.05) is 19.0 Å². The summed E-state index contributed by atoms with van der Waals surface area (Å²) in [4.78, 5) is 28.5. The zero-order valence-corrected chi connectivity index (χ0v) is 22.3. The summed E-state index contributed by atoms with van der Waals surface area (Å²) < 4.78 is 11.4. The molecule has 2 aromatic rings. The fourth-order valence-electron chi connectivity index (χ4n) is 4.77. The molecular weight excluding hydrogens is 452 g/mol. The minimum Gasteiger partial charge on any atom is -0.490 e. The Morgan fingerprint density at radius 1 is 1.00 bits per heavy atom. The molecule has 0 heterocycles. The summed E-state index contributed by atoms with van der Waals surface area (Å²) in [6.07, 6.45) is 6.44. The van der Waals surface area contributed by atoms with Crippen molar-refractivity contribution in [3.05, 3.63) is 59.2 Å². The molecule has 6 heteroatoms. The molecule has 0 aliphatic heterocycles. The molecule has 6 nitrogen and oxygen atoms in total. The van der Waals surface area contributed by atoms with E-state index in [-0.39, 0.29) is 17.9 Å². The highest BCUT2D eigenvalue weighted by Gasteiger charge is 2.28. The van der Waals surface area contributed by atoms with Crippen molar-refractivity contribution in [1.29, 1.82) is 0 Å². The largest absolute Gasteiger partial charge is 0.490 e. The number of benzene rings is 2. The summed E-state index contributed by atoms with van der Waals surface area (Å²) in [5.74, 6) is 1.31. The molecule has 1 aliphatic carbocycles. The molecule has 1 aliphatic rings. The molecule has 1 saturated carbocycles. The van der Waals surface area contributed by atoms with Gasteiger partial charge in [0.1, 0.15) is 6.04 Å². The van der Waals surface area contributed by atoms with Crippen molar-refractivity contribution in [2.45, 2.75) is 91.3 Å². The summed E-state index contributed by atoms with van der Waals surface area (Å²) in [5, 5.41) is 3.20. The lowest BCUT2D eigenvalue weighted by Gasteiger charge is -2.31. The molecule has 0 radical (unpaired) electrons. The molecule has 2 amide bonds. The summed E-state index contributed by atoms with van der Waals surface area (Å²) >= 11 is 0. The van der Waals surface area contributed by atoms with Crippen molar-refractivity contribution in [2.75, 3.05) is 13.2 Å². The van der Waals surface area contributed by atoms with Gasteiger partial charge in [-0.2, -0.15) is 0 Å². The van der Waals surface area contributed by atoms with Gasteiger partial charge in [-0.1, -0.05) is 49.6 Å². The van der Waals surface area contributed by atoms with Gasteiger partial charge in [0.05, 0.1) is 13.2 Å². The Hall–Kier alpha value is -3.02. The fraction of sp³-hybridized carbons (Fsp3) is 0.533. The molecule has 0 aromatic heterocycles. The third-order valence-electron chi connectivity index (χ3n) is 6.96. The average molecular weight is 495 g/mol. The molecule has 0 saturated heterocycles. The van der Waals surface area contributed by atoms with Crippen LogP contribution < -0.4 is 14.8 Å². The van der Waals surface area contributed by atoms with Crippen LogP contribution in [0.15, 0.2) is 42.5 Å². The molecule has 3 rings (SSSR count). The van der Waals surface area contributed by atoms with Gasteiger partial charge in [0.15, 0.2) is 11.5 Å². The van der Waals surface area contributed by atoms with Crippen molar-refractivity contribution < 1.29 is 19.1 Å². The third kappa shape index (κ3) is 7.74. The minimum atomic E-state index is -0.543. The van der Waals surface area contributed by atoms with Gasteiger partial charge in [-0.3, -0.25) is 9.59 Å². The van der Waals surface area contributed by atoms with Crippen LogP contribution in [0.25, 0.3) is 0 Å². The first-order chi connectivity index (χ1) is 17.4. The van der Waals surface area contributed by atoms with E-state index >= 15 is 0 Å². The van der Waals surface area contributed by atoms with E-state index in [1.165, 1.54) is 6.42 Å². The number of hydrogen-bond donors (Lipinski definition) is 1. The van der Waals surface area contributed by atoms with Crippen molar-refractivity contribution >= 4 is 11.8 Å². The second kappa shape index (κ2) is 13.9. The highest BCUT2D eigenvalue weighted by atomic mass is 16.5. The smallest absolute Gasteiger partial charge is 0.242 e. The third-order valence-corrected chi connectivity index (χ3v) is 6.96. The maximum absolute atomic E-state index is 13.5. The second-order valence-electron chi connectivity index (χ2n) is 9.61. The molecule has 36 heavy (non-hydrogen) atoms. The van der Waals surface area contributed by atoms with Crippen LogP contribution in [0.1, 0.15) is 76.0 Å². The topological polar surface area (TPSA) is 67.9 Å². The summed E-state index contributed by atoms with van der Waals surface area (Å²) in [6.45, 7) is 9.29. The van der Waals surface area contributed by atoms with Gasteiger partial charge in [-0.15, -0.1) is 0 Å². The molecule has 1 N–H and O–H groups in total. The summed E-state index contributed by atoms with van der Waals surface area (Å²) in [5.41, 5.74) is 3.18. The van der Waals surface area contributed by atoms with Crippen LogP contribution in [0.3, 0.4) is 0 Å². The van der Waals surface area contributed by atoms with E-state index in [0.717, 1.165) is 42.4 Å². The molecule has 1 fully saturated rings. The molecule has 0 spiro atoms. The van der Waals surface area contributed by atoms with Gasteiger partial charge < -0.3 is 19.7 Å². The Kier molecular flexibility index (Phi) is 10.6. The SMILES string of the molecule is CCOc1ccc(CCC(=O)N(Cc2ccccc2C)[C@@H](C)C(=O)NC2CCCCC2)cc1OCC. The predicted octanol–water partition coefficient (Wildman–Crippen LogP) is 5.59. The van der Waals surface area contributed by atoms with Crippen molar-refractivity contribution in [3.8, 4) is 11.5 Å². The van der Waals surface area contributed by atoms with E-state index in [2.05, 4.69) is 5.32 Å². The van der Waals surface area contributed by atoms with Crippen LogP contribution in [-0.4, -0.2) is 42.0 Å². The number of ether oxygens (including phenoxy) is 2. The quantitative estimate of drug-likeness (QED) is 0.418. The number of aryl methyl sites for hydroxylation is 2. The van der Waals surface area contributed by atoms with E-state index in [0.29, 0.717) is 44.1 Å². The van der Waals surface area contributed by atoms with Gasteiger partial charge in [-0.05, 0) is 75.8 Å². The van der Waals surface area contributed by atoms with E-state index in [4.69, 9.17) is 9.47 Å². The Bertz CT molecular complexity index is 1000. The van der Waals surface area contributed by atoms with Gasteiger partial charge in [0.2, 0.25) is 11.8 Å². The van der Waals surface area contributed by atoms with Crippen LogP contribution >= 0.6 is 0 Å². The standard InChI is InChI=1S/C30H42N2O4/c1-5-35-27-18-16-24(20-28(27)36-6-2)17-19-29(33)32(21-25-13-11-10-12-22(25)3)23(4)30(34)31-26-14-8-7-9-15-26/h10-13,16,18,20,23,26H,5-9,14-15,17,19,21H2,1-4H3,(H,31,34)/t23-/m0/s1. The van der Waals surface area contributed by atoms with Gasteiger partial charge in [-0.25, -0.2) is 0 Å². The first-order valence-electron chi connectivity index (χ1n) is 13.5. The highest BCUT2D eigenvalue weighted by Crippen LogP contribution is 2.29. The molecule has 1 atom stereocenters. The number of carbonyl (C=O) groups is 2.